The summed E-state index contributed by atoms with van der Waals surface area (Å²) in [5.74, 6) is 0. The zero-order valence-electron chi connectivity index (χ0n) is 23.6. The van der Waals surface area contributed by atoms with Crippen molar-refractivity contribution in [3.8, 4) is 0 Å². The van der Waals surface area contributed by atoms with Crippen molar-refractivity contribution in [2.24, 2.45) is 40.6 Å². The zero-order chi connectivity index (χ0) is 27.9. The van der Waals surface area contributed by atoms with Gasteiger partial charge in [-0.15, -0.1) is 0 Å². The first-order valence-corrected chi connectivity index (χ1v) is 11.9. The van der Waals surface area contributed by atoms with E-state index in [2.05, 4.69) is 40.6 Å². The van der Waals surface area contributed by atoms with Gasteiger partial charge in [-0.3, -0.25) is 20.0 Å². The van der Waals surface area contributed by atoms with Crippen molar-refractivity contribution >= 4 is 45.7 Å². The molecule has 0 amide bonds. The Morgan fingerprint density at radius 1 is 0.342 bits per heavy atom. The van der Waals surface area contributed by atoms with Crippen LogP contribution in [0.1, 0.15) is 81.1 Å². The SMILES string of the molecule is CC(=NO)C(C)=NCCCCN=C(C)C(C)=NO.CC(=NO)C(C)=NCCCCN=C(C)C(C)=NO.[Cu+].[Cu+]. The van der Waals surface area contributed by atoms with E-state index in [1.165, 1.54) is 0 Å². The summed E-state index contributed by atoms with van der Waals surface area (Å²) in [6, 6.07) is 0. The molecule has 0 heterocycles. The molecule has 0 saturated heterocycles. The average molecular weight is 636 g/mol. The Bertz CT molecular complexity index is 752. The molecule has 4 N–H and O–H groups in total. The first-order chi connectivity index (χ1) is 17.0. The Morgan fingerprint density at radius 2 is 0.500 bits per heavy atom. The Kier molecular flexibility index (Phi) is 31.0. The van der Waals surface area contributed by atoms with Gasteiger partial charge in [-0.2, -0.15) is 0 Å². The fourth-order valence-corrected chi connectivity index (χ4v) is 2.18. The van der Waals surface area contributed by atoms with Crippen LogP contribution in [0, 0.1) is 0 Å². The van der Waals surface area contributed by atoms with Gasteiger partial charge in [-0.05, 0) is 81.1 Å². The Morgan fingerprint density at radius 3 is 0.632 bits per heavy atom. The van der Waals surface area contributed by atoms with E-state index >= 15 is 0 Å². The second-order valence-electron chi connectivity index (χ2n) is 8.02. The smallest absolute Gasteiger partial charge is 0.411 e. The fourth-order valence-electron chi connectivity index (χ4n) is 2.18. The summed E-state index contributed by atoms with van der Waals surface area (Å²) >= 11 is 0. The summed E-state index contributed by atoms with van der Waals surface area (Å²) in [5, 5.41) is 46.5. The largest absolute Gasteiger partial charge is 1.00 e. The zero-order valence-corrected chi connectivity index (χ0v) is 25.5. The number of rotatable bonds is 14. The number of nitrogens with zero attached hydrogens (tertiary/aromatic N) is 8. The molecular weight excluding hydrogens is 591 g/mol. The Balaban J connectivity index is -0.000000289. The van der Waals surface area contributed by atoms with Crippen LogP contribution in [0.3, 0.4) is 0 Å². The summed E-state index contributed by atoms with van der Waals surface area (Å²) in [6.45, 7) is 16.9. The van der Waals surface area contributed by atoms with Crippen LogP contribution in [0.2, 0.25) is 0 Å². The van der Waals surface area contributed by atoms with Crippen molar-refractivity contribution in [1.29, 1.82) is 0 Å². The summed E-state index contributed by atoms with van der Waals surface area (Å²) in [7, 11) is 0. The standard InChI is InChI=1S/2C12H22N4O2.2Cu/c2*1-9(11(3)15-17)13-7-5-6-8-14-10(2)12(4)16-18;;/h2*17-18H,5-8H2,1-4H3;;/q;;2*+1. The maximum atomic E-state index is 8.54. The van der Waals surface area contributed by atoms with Gasteiger partial charge in [0.1, 0.15) is 0 Å². The molecule has 0 aliphatic carbocycles. The third kappa shape index (κ3) is 22.8. The van der Waals surface area contributed by atoms with Crippen molar-refractivity contribution in [2.75, 3.05) is 26.2 Å². The van der Waals surface area contributed by atoms with Crippen LogP contribution in [0.25, 0.3) is 0 Å². The molecule has 14 heteroatoms. The molecule has 38 heavy (non-hydrogen) atoms. The first-order valence-electron chi connectivity index (χ1n) is 11.9. The van der Waals surface area contributed by atoms with Crippen molar-refractivity contribution in [3.63, 3.8) is 0 Å². The minimum Gasteiger partial charge on any atom is -0.411 e. The van der Waals surface area contributed by atoms with Gasteiger partial charge in [0, 0.05) is 26.2 Å². The maximum absolute atomic E-state index is 8.54. The minimum atomic E-state index is 0. The van der Waals surface area contributed by atoms with Gasteiger partial charge in [0.15, 0.2) is 0 Å². The topological polar surface area (TPSA) is 180 Å². The van der Waals surface area contributed by atoms with E-state index in [9.17, 15) is 0 Å². The van der Waals surface area contributed by atoms with Gasteiger partial charge in [0.25, 0.3) is 0 Å². The number of unbranched alkanes of at least 4 members (excludes halogenated alkanes) is 2. The number of oxime groups is 4. The van der Waals surface area contributed by atoms with Crippen LogP contribution in [0.15, 0.2) is 40.6 Å². The van der Waals surface area contributed by atoms with Crippen molar-refractivity contribution < 1.29 is 55.0 Å². The normalized spacial score (nSPS) is 14.3. The molecule has 0 bridgehead atoms. The Labute approximate surface area is 247 Å². The predicted octanol–water partition coefficient (Wildman–Crippen LogP) is 4.77. The molecule has 0 aromatic rings. The van der Waals surface area contributed by atoms with E-state index in [1.807, 2.05) is 27.7 Å². The van der Waals surface area contributed by atoms with Crippen molar-refractivity contribution in [1.82, 2.24) is 0 Å². The van der Waals surface area contributed by atoms with E-state index in [0.717, 1.165) is 48.5 Å². The molecule has 0 unspecified atom stereocenters. The predicted molar refractivity (Wildman–Crippen MR) is 150 cm³/mol. The molecule has 0 radical (unpaired) electrons. The molecule has 0 fully saturated rings. The van der Waals surface area contributed by atoms with Gasteiger partial charge in [-0.25, -0.2) is 0 Å². The van der Waals surface area contributed by atoms with Crippen LogP contribution in [0.5, 0.6) is 0 Å². The van der Waals surface area contributed by atoms with Gasteiger partial charge in [-0.1, -0.05) is 20.6 Å². The molecule has 224 valence electrons. The average Bonchev–Trinajstić information content (AvgIpc) is 2.89. The van der Waals surface area contributed by atoms with Crippen molar-refractivity contribution in [3.05, 3.63) is 0 Å². The van der Waals surface area contributed by atoms with Crippen LogP contribution in [-0.4, -0.2) is 92.7 Å². The molecule has 0 spiro atoms. The van der Waals surface area contributed by atoms with Crippen molar-refractivity contribution in [2.45, 2.75) is 81.1 Å². The molecule has 0 rings (SSSR count). The molecular formula is C24H44Cu2N8O4+2. The molecule has 0 atom stereocenters. The summed E-state index contributed by atoms with van der Waals surface area (Å²) in [5.41, 5.74) is 5.16. The van der Waals surface area contributed by atoms with E-state index in [1.54, 1.807) is 27.7 Å². The summed E-state index contributed by atoms with van der Waals surface area (Å²) < 4.78 is 0. The van der Waals surface area contributed by atoms with Gasteiger partial charge in [0.05, 0.1) is 45.7 Å². The summed E-state index contributed by atoms with van der Waals surface area (Å²) in [6.07, 6.45) is 3.68. The molecule has 0 aliphatic rings. The van der Waals surface area contributed by atoms with E-state index in [-0.39, 0.29) is 34.1 Å². The molecule has 12 nitrogen and oxygen atoms in total. The molecule has 0 aliphatic heterocycles. The van der Waals surface area contributed by atoms with E-state index in [0.29, 0.717) is 49.0 Å². The number of hydrogen-bond acceptors (Lipinski definition) is 12. The summed E-state index contributed by atoms with van der Waals surface area (Å²) in [4.78, 5) is 17.1. The molecule has 0 saturated carbocycles. The monoisotopic (exact) mass is 634 g/mol. The van der Waals surface area contributed by atoms with Crippen LogP contribution in [0.4, 0.5) is 0 Å². The number of aliphatic imine (C=N–C) groups is 4. The maximum Gasteiger partial charge on any atom is 1.00 e. The van der Waals surface area contributed by atoms with Crippen LogP contribution < -0.4 is 0 Å². The second kappa shape index (κ2) is 27.6. The van der Waals surface area contributed by atoms with Gasteiger partial charge in [0.2, 0.25) is 0 Å². The second-order valence-corrected chi connectivity index (χ2v) is 8.02. The third-order valence-corrected chi connectivity index (χ3v) is 5.22. The first kappa shape index (κ1) is 42.7. The number of hydrogen-bond donors (Lipinski definition) is 4. The van der Waals surface area contributed by atoms with E-state index < -0.39 is 0 Å². The quantitative estimate of drug-likeness (QED) is 0.0706. The van der Waals surface area contributed by atoms with E-state index in [4.69, 9.17) is 20.8 Å². The van der Waals surface area contributed by atoms with Crippen LogP contribution in [-0.2, 0) is 34.1 Å². The van der Waals surface area contributed by atoms with Crippen LogP contribution >= 0.6 is 0 Å². The van der Waals surface area contributed by atoms with Gasteiger partial charge >= 0.3 is 34.1 Å². The van der Waals surface area contributed by atoms with Gasteiger partial charge < -0.3 is 20.8 Å². The fraction of sp³-hybridized carbons (Fsp3) is 0.667. The molecule has 0 aromatic heterocycles. The third-order valence-electron chi connectivity index (χ3n) is 5.22. The Hall–Kier alpha value is -2.40. The molecule has 0 aromatic carbocycles. The minimum absolute atomic E-state index is 0.